The molecule has 25 heavy (non-hydrogen) atoms. The van der Waals surface area contributed by atoms with Gasteiger partial charge in [-0.05, 0) is 42.5 Å². The molecule has 0 fully saturated rings. The Labute approximate surface area is 144 Å². The van der Waals surface area contributed by atoms with Gasteiger partial charge in [-0.15, -0.1) is 0 Å². The Hall–Kier alpha value is -3.35. The number of hydrogen-bond acceptors (Lipinski definition) is 7. The summed E-state index contributed by atoms with van der Waals surface area (Å²) < 4.78 is 19.5. The molecule has 0 aliphatic carbocycles. The molecule has 0 saturated heterocycles. The van der Waals surface area contributed by atoms with E-state index in [0.717, 1.165) is 0 Å². The van der Waals surface area contributed by atoms with E-state index in [1.807, 2.05) is 0 Å². The highest BCUT2D eigenvalue weighted by Gasteiger charge is 2.17. The molecule has 0 saturated carbocycles. The molecule has 0 aromatic heterocycles. The van der Waals surface area contributed by atoms with Crippen LogP contribution in [0.1, 0.15) is 31.1 Å². The second-order valence-electron chi connectivity index (χ2n) is 4.85. The normalized spacial score (nSPS) is 9.88. The fourth-order valence-electron chi connectivity index (χ4n) is 2.02. The minimum Gasteiger partial charge on any atom is -0.497 e. The van der Waals surface area contributed by atoms with Crippen molar-refractivity contribution in [1.82, 2.24) is 0 Å². The van der Waals surface area contributed by atoms with Crippen LogP contribution in [0.4, 0.5) is 0 Å². The van der Waals surface area contributed by atoms with E-state index in [4.69, 9.17) is 9.47 Å². The SMILES string of the molecule is COC(=O)c1cc(OC(=O)c2ccc(OC)cc2)cc(C(=O)OC)c1. The van der Waals surface area contributed by atoms with Crippen molar-refractivity contribution in [3.05, 3.63) is 59.2 Å². The van der Waals surface area contributed by atoms with Crippen LogP contribution >= 0.6 is 0 Å². The highest BCUT2D eigenvalue weighted by Crippen LogP contribution is 2.21. The first kappa shape index (κ1) is 18.0. The average Bonchev–Trinajstić information content (AvgIpc) is 2.66. The van der Waals surface area contributed by atoms with Gasteiger partial charge in [0.2, 0.25) is 0 Å². The second-order valence-corrected chi connectivity index (χ2v) is 4.85. The van der Waals surface area contributed by atoms with Crippen molar-refractivity contribution in [2.75, 3.05) is 21.3 Å². The van der Waals surface area contributed by atoms with E-state index in [0.29, 0.717) is 5.75 Å². The molecule has 130 valence electrons. The zero-order chi connectivity index (χ0) is 18.4. The van der Waals surface area contributed by atoms with E-state index in [1.54, 1.807) is 12.1 Å². The molecule has 0 amide bonds. The highest BCUT2D eigenvalue weighted by atomic mass is 16.5. The molecule has 2 aromatic rings. The van der Waals surface area contributed by atoms with E-state index in [9.17, 15) is 14.4 Å². The van der Waals surface area contributed by atoms with Gasteiger partial charge < -0.3 is 18.9 Å². The van der Waals surface area contributed by atoms with Crippen LogP contribution < -0.4 is 9.47 Å². The molecule has 0 heterocycles. The number of carbonyl (C=O) groups excluding carboxylic acids is 3. The molecule has 0 N–H and O–H groups in total. The number of benzene rings is 2. The largest absolute Gasteiger partial charge is 0.497 e. The Bertz CT molecular complexity index is 759. The van der Waals surface area contributed by atoms with Crippen molar-refractivity contribution in [3.8, 4) is 11.5 Å². The van der Waals surface area contributed by atoms with E-state index >= 15 is 0 Å². The summed E-state index contributed by atoms with van der Waals surface area (Å²) in [5.74, 6) is -1.39. The standard InChI is InChI=1S/C18H16O7/c1-22-14-6-4-11(5-7-14)18(21)25-15-9-12(16(19)23-2)8-13(10-15)17(20)24-3/h4-10H,1-3H3. The lowest BCUT2D eigenvalue weighted by molar-refractivity contribution is 0.0593. The van der Waals surface area contributed by atoms with Crippen LogP contribution in [0.5, 0.6) is 11.5 Å². The minimum atomic E-state index is -0.674. The number of carbonyl (C=O) groups is 3. The number of esters is 3. The van der Waals surface area contributed by atoms with E-state index in [2.05, 4.69) is 9.47 Å². The summed E-state index contributed by atoms with van der Waals surface area (Å²) in [5.41, 5.74) is 0.398. The Morgan fingerprint density at radius 1 is 0.640 bits per heavy atom. The number of methoxy groups -OCH3 is 3. The summed E-state index contributed by atoms with van der Waals surface area (Å²) >= 11 is 0. The molecular weight excluding hydrogens is 328 g/mol. The molecule has 0 aliphatic rings. The van der Waals surface area contributed by atoms with Gasteiger partial charge in [0, 0.05) is 0 Å². The molecule has 0 radical (unpaired) electrons. The number of rotatable bonds is 5. The van der Waals surface area contributed by atoms with Gasteiger partial charge in [-0.1, -0.05) is 0 Å². The molecule has 2 aromatic carbocycles. The van der Waals surface area contributed by atoms with Gasteiger partial charge in [0.15, 0.2) is 0 Å². The highest BCUT2D eigenvalue weighted by molar-refractivity contribution is 5.97. The van der Waals surface area contributed by atoms with Gasteiger partial charge in [-0.3, -0.25) is 0 Å². The number of ether oxygens (including phenoxy) is 4. The molecular formula is C18H16O7. The van der Waals surface area contributed by atoms with Gasteiger partial charge in [0.1, 0.15) is 11.5 Å². The van der Waals surface area contributed by atoms with Crippen molar-refractivity contribution >= 4 is 17.9 Å². The smallest absolute Gasteiger partial charge is 0.343 e. The van der Waals surface area contributed by atoms with Gasteiger partial charge in [0.05, 0.1) is 38.0 Å². The topological polar surface area (TPSA) is 88.1 Å². The molecule has 2 rings (SSSR count). The zero-order valence-corrected chi connectivity index (χ0v) is 13.9. The van der Waals surface area contributed by atoms with Crippen LogP contribution in [0.3, 0.4) is 0 Å². The van der Waals surface area contributed by atoms with Gasteiger partial charge in [-0.2, -0.15) is 0 Å². The Kier molecular flexibility index (Phi) is 5.73. The van der Waals surface area contributed by atoms with Crippen LogP contribution in [0, 0.1) is 0 Å². The predicted molar refractivity (Wildman–Crippen MR) is 87.1 cm³/mol. The van der Waals surface area contributed by atoms with Gasteiger partial charge in [-0.25, -0.2) is 14.4 Å². The summed E-state index contributed by atoms with van der Waals surface area (Å²) in [6.45, 7) is 0. The average molecular weight is 344 g/mol. The molecule has 0 atom stereocenters. The molecule has 0 bridgehead atoms. The fourth-order valence-corrected chi connectivity index (χ4v) is 2.02. The Balaban J connectivity index is 2.31. The summed E-state index contributed by atoms with van der Waals surface area (Å²) in [5, 5.41) is 0. The minimum absolute atomic E-state index is 0.0177. The first-order valence-corrected chi connectivity index (χ1v) is 7.16. The van der Waals surface area contributed by atoms with Crippen LogP contribution in [-0.2, 0) is 9.47 Å². The van der Waals surface area contributed by atoms with Crippen molar-refractivity contribution < 1.29 is 33.3 Å². The van der Waals surface area contributed by atoms with Crippen molar-refractivity contribution in [3.63, 3.8) is 0 Å². The maximum Gasteiger partial charge on any atom is 0.343 e. The second kappa shape index (κ2) is 7.96. The fraction of sp³-hybridized carbons (Fsp3) is 0.167. The van der Waals surface area contributed by atoms with E-state index < -0.39 is 17.9 Å². The summed E-state index contributed by atoms with van der Waals surface area (Å²) in [7, 11) is 3.92. The Morgan fingerprint density at radius 2 is 1.16 bits per heavy atom. The van der Waals surface area contributed by atoms with Gasteiger partial charge in [0.25, 0.3) is 0 Å². The third-order valence-corrected chi connectivity index (χ3v) is 3.28. The maximum absolute atomic E-state index is 12.2. The van der Waals surface area contributed by atoms with Crippen LogP contribution in [0.15, 0.2) is 42.5 Å². The summed E-state index contributed by atoms with van der Waals surface area (Å²) in [6, 6.07) is 10.2. The van der Waals surface area contributed by atoms with Crippen molar-refractivity contribution in [2.45, 2.75) is 0 Å². The zero-order valence-electron chi connectivity index (χ0n) is 13.9. The monoisotopic (exact) mass is 344 g/mol. The first-order chi connectivity index (χ1) is 12.0. The van der Waals surface area contributed by atoms with Crippen LogP contribution in [0.25, 0.3) is 0 Å². The molecule has 7 nitrogen and oxygen atoms in total. The molecule has 0 spiro atoms. The van der Waals surface area contributed by atoms with Crippen molar-refractivity contribution in [1.29, 1.82) is 0 Å². The van der Waals surface area contributed by atoms with Crippen LogP contribution in [0.2, 0.25) is 0 Å². The first-order valence-electron chi connectivity index (χ1n) is 7.16. The van der Waals surface area contributed by atoms with Gasteiger partial charge >= 0.3 is 17.9 Å². The third kappa shape index (κ3) is 4.35. The van der Waals surface area contributed by atoms with Crippen molar-refractivity contribution in [2.24, 2.45) is 0 Å². The van der Waals surface area contributed by atoms with Crippen LogP contribution in [-0.4, -0.2) is 39.2 Å². The Morgan fingerprint density at radius 3 is 1.60 bits per heavy atom. The summed E-state index contributed by atoms with van der Waals surface area (Å²) in [6.07, 6.45) is 0. The lowest BCUT2D eigenvalue weighted by atomic mass is 10.1. The van der Waals surface area contributed by atoms with E-state index in [1.165, 1.54) is 51.7 Å². The lowest BCUT2D eigenvalue weighted by Crippen LogP contribution is -2.11. The predicted octanol–water partition coefficient (Wildman–Crippen LogP) is 2.49. The molecule has 0 unspecified atom stereocenters. The lowest BCUT2D eigenvalue weighted by Gasteiger charge is -2.09. The maximum atomic E-state index is 12.2. The van der Waals surface area contributed by atoms with E-state index in [-0.39, 0.29) is 22.4 Å². The third-order valence-electron chi connectivity index (χ3n) is 3.28. The quantitative estimate of drug-likeness (QED) is 0.608. The number of hydrogen-bond donors (Lipinski definition) is 0. The summed E-state index contributed by atoms with van der Waals surface area (Å²) in [4.78, 5) is 35.7. The molecule has 0 aliphatic heterocycles. The molecule has 7 heteroatoms.